The van der Waals surface area contributed by atoms with Crippen molar-refractivity contribution in [3.63, 3.8) is 0 Å². The van der Waals surface area contributed by atoms with E-state index >= 15 is 0 Å². The molecule has 0 aliphatic carbocycles. The lowest BCUT2D eigenvalue weighted by Crippen LogP contribution is -2.63. The van der Waals surface area contributed by atoms with Crippen molar-refractivity contribution in [2.24, 2.45) is 5.92 Å². The molecule has 44 heavy (non-hydrogen) atoms. The second kappa shape index (κ2) is 13.6. The third-order valence-electron chi connectivity index (χ3n) is 7.50. The summed E-state index contributed by atoms with van der Waals surface area (Å²) < 4.78 is 5.65. The van der Waals surface area contributed by atoms with Crippen LogP contribution in [0.1, 0.15) is 54.0 Å². The van der Waals surface area contributed by atoms with Crippen molar-refractivity contribution in [2.75, 3.05) is 32.1 Å². The molecule has 1 saturated heterocycles. The number of amides is 4. The highest BCUT2D eigenvalue weighted by atomic mass is 16.4. The van der Waals surface area contributed by atoms with Crippen LogP contribution in [0.25, 0.3) is 0 Å². The van der Waals surface area contributed by atoms with Crippen LogP contribution in [0.5, 0.6) is 0 Å². The molecule has 4 amide bonds. The predicted molar refractivity (Wildman–Crippen MR) is 162 cm³/mol. The molecule has 1 aliphatic heterocycles. The zero-order valence-corrected chi connectivity index (χ0v) is 25.9. The van der Waals surface area contributed by atoms with Gasteiger partial charge in [-0.15, -0.1) is 10.2 Å². The fraction of sp³-hybridized carbons (Fsp3) is 0.406. The quantitative estimate of drug-likeness (QED) is 0.326. The average molecular weight is 603 g/mol. The molecule has 232 valence electrons. The first kappa shape index (κ1) is 32.1. The molecule has 12 nitrogen and oxygen atoms in total. The lowest BCUT2D eigenvalue weighted by molar-refractivity contribution is -0.162. The molecule has 0 spiro atoms. The third kappa shape index (κ3) is 7.55. The molecule has 2 heterocycles. The van der Waals surface area contributed by atoms with Gasteiger partial charge >= 0.3 is 0 Å². The Hall–Kier alpha value is -4.87. The molecule has 1 N–H and O–H groups in total. The molecule has 1 fully saturated rings. The fourth-order valence-electron chi connectivity index (χ4n) is 5.07. The molecular formula is C32H38N6O6. The molecule has 2 aromatic carbocycles. The fourth-order valence-corrected chi connectivity index (χ4v) is 5.07. The summed E-state index contributed by atoms with van der Waals surface area (Å²) in [6, 6.07) is 13.1. The molecule has 12 heteroatoms. The first-order valence-electron chi connectivity index (χ1n) is 14.4. The van der Waals surface area contributed by atoms with Crippen LogP contribution in [0.2, 0.25) is 0 Å². The standard InChI is InChI=1S/C32H38N6O6/c1-19(2)29(30(42)31-35-34-27(44-31)16-23-9-7-8-20(3)14-23)33-26(40)17-38-25(32(43)37(21(4)39)18-28(38)41)15-22-10-12-24(13-11-22)36(5)6/h7-14,19,25,29H,15-18H2,1-6H3,(H,33,40). The number of carbonyl (C=O) groups is 5. The van der Waals surface area contributed by atoms with E-state index in [2.05, 4.69) is 15.5 Å². The maximum atomic E-state index is 13.4. The highest BCUT2D eigenvalue weighted by Gasteiger charge is 2.42. The molecule has 0 saturated carbocycles. The van der Waals surface area contributed by atoms with E-state index in [0.29, 0.717) is 6.42 Å². The number of rotatable bonds is 11. The lowest BCUT2D eigenvalue weighted by atomic mass is 9.99. The number of hydrogen-bond acceptors (Lipinski definition) is 9. The lowest BCUT2D eigenvalue weighted by Gasteiger charge is -2.39. The Morgan fingerprint density at radius 1 is 1.05 bits per heavy atom. The highest BCUT2D eigenvalue weighted by Crippen LogP contribution is 2.21. The Kier molecular flexibility index (Phi) is 9.92. The zero-order valence-electron chi connectivity index (χ0n) is 25.9. The number of nitrogens with zero attached hydrogens (tertiary/aromatic N) is 5. The predicted octanol–water partition coefficient (Wildman–Crippen LogP) is 2.19. The van der Waals surface area contributed by atoms with E-state index in [0.717, 1.165) is 27.3 Å². The van der Waals surface area contributed by atoms with E-state index in [9.17, 15) is 24.0 Å². The van der Waals surface area contributed by atoms with E-state index in [-0.39, 0.29) is 24.1 Å². The Labute approximate surface area is 256 Å². The molecule has 0 radical (unpaired) electrons. The van der Waals surface area contributed by atoms with Crippen LogP contribution < -0.4 is 10.2 Å². The van der Waals surface area contributed by atoms with E-state index in [1.54, 1.807) is 13.8 Å². The van der Waals surface area contributed by atoms with Crippen LogP contribution in [0.3, 0.4) is 0 Å². The largest absolute Gasteiger partial charge is 0.418 e. The van der Waals surface area contributed by atoms with Gasteiger partial charge in [-0.2, -0.15) is 0 Å². The van der Waals surface area contributed by atoms with E-state index in [1.165, 1.54) is 11.8 Å². The van der Waals surface area contributed by atoms with Crippen LogP contribution in [0, 0.1) is 12.8 Å². The maximum absolute atomic E-state index is 13.4. The number of aromatic nitrogens is 2. The van der Waals surface area contributed by atoms with Crippen LogP contribution in [-0.2, 0) is 32.0 Å². The smallest absolute Gasteiger partial charge is 0.286 e. The summed E-state index contributed by atoms with van der Waals surface area (Å²) in [4.78, 5) is 69.3. The molecule has 4 rings (SSSR count). The minimum atomic E-state index is -1.08. The van der Waals surface area contributed by atoms with Crippen LogP contribution >= 0.6 is 0 Å². The summed E-state index contributed by atoms with van der Waals surface area (Å²) in [5.74, 6) is -3.17. The number of ketones is 1. The number of carbonyl (C=O) groups excluding carboxylic acids is 5. The Morgan fingerprint density at radius 3 is 2.36 bits per heavy atom. The van der Waals surface area contributed by atoms with Crippen molar-refractivity contribution >= 4 is 35.1 Å². The summed E-state index contributed by atoms with van der Waals surface area (Å²) in [7, 11) is 3.81. The van der Waals surface area contributed by atoms with Crippen molar-refractivity contribution in [1.82, 2.24) is 25.3 Å². The van der Waals surface area contributed by atoms with Gasteiger partial charge in [0.05, 0.1) is 12.5 Å². The first-order chi connectivity index (χ1) is 20.8. The number of imide groups is 1. The Morgan fingerprint density at radius 2 is 1.75 bits per heavy atom. The van der Waals surface area contributed by atoms with Crippen molar-refractivity contribution in [1.29, 1.82) is 0 Å². The van der Waals surface area contributed by atoms with E-state index in [1.807, 2.05) is 74.4 Å². The van der Waals surface area contributed by atoms with Gasteiger partial charge in [0.2, 0.25) is 29.4 Å². The van der Waals surface area contributed by atoms with Crippen LogP contribution in [0.15, 0.2) is 52.9 Å². The van der Waals surface area contributed by atoms with E-state index < -0.39 is 54.6 Å². The highest BCUT2D eigenvalue weighted by molar-refractivity contribution is 6.05. The maximum Gasteiger partial charge on any atom is 0.286 e. The van der Waals surface area contributed by atoms with Gasteiger partial charge in [-0.25, -0.2) is 0 Å². The second-order valence-corrected chi connectivity index (χ2v) is 11.6. The first-order valence-corrected chi connectivity index (χ1v) is 14.4. The second-order valence-electron chi connectivity index (χ2n) is 11.6. The number of benzene rings is 2. The van der Waals surface area contributed by atoms with Gasteiger partial charge in [0.1, 0.15) is 19.1 Å². The number of anilines is 1. The van der Waals surface area contributed by atoms with Gasteiger partial charge in [0.15, 0.2) is 0 Å². The van der Waals surface area contributed by atoms with Gasteiger partial charge in [-0.1, -0.05) is 55.8 Å². The number of piperazine rings is 1. The number of aryl methyl sites for hydroxylation is 1. The van der Waals surface area contributed by atoms with Crippen molar-refractivity contribution in [3.8, 4) is 0 Å². The monoisotopic (exact) mass is 602 g/mol. The van der Waals surface area contributed by atoms with Crippen molar-refractivity contribution in [3.05, 3.63) is 77.0 Å². The number of hydrogen-bond donors (Lipinski definition) is 1. The molecule has 1 aliphatic rings. The molecule has 3 aromatic rings. The normalized spacial score (nSPS) is 15.8. The summed E-state index contributed by atoms with van der Waals surface area (Å²) >= 11 is 0. The van der Waals surface area contributed by atoms with E-state index in [4.69, 9.17) is 4.42 Å². The molecule has 0 bridgehead atoms. The number of Topliss-reactive ketones (excluding diaryl/α,β-unsaturated/α-hetero) is 1. The summed E-state index contributed by atoms with van der Waals surface area (Å²) in [6.07, 6.45) is 0.454. The molecule has 2 unspecified atom stereocenters. The Balaban J connectivity index is 1.49. The minimum absolute atomic E-state index is 0.105. The number of nitrogens with one attached hydrogen (secondary N) is 1. The van der Waals surface area contributed by atoms with Crippen molar-refractivity contribution in [2.45, 2.75) is 52.6 Å². The minimum Gasteiger partial charge on any atom is -0.418 e. The average Bonchev–Trinajstić information content (AvgIpc) is 3.43. The van der Waals surface area contributed by atoms with Gasteiger partial charge < -0.3 is 19.5 Å². The molecule has 1 aromatic heterocycles. The van der Waals surface area contributed by atoms with Gasteiger partial charge in [0.25, 0.3) is 11.8 Å². The SMILES string of the molecule is CC(=O)N1CC(=O)N(CC(=O)NC(C(=O)c2nnc(Cc3cccc(C)c3)o2)C(C)C)C(Cc2ccc(N(C)C)cc2)C1=O. The van der Waals surface area contributed by atoms with Crippen LogP contribution in [0.4, 0.5) is 5.69 Å². The van der Waals surface area contributed by atoms with Crippen molar-refractivity contribution < 1.29 is 28.4 Å². The van der Waals surface area contributed by atoms with Crippen LogP contribution in [-0.4, -0.2) is 88.7 Å². The van der Waals surface area contributed by atoms with Gasteiger partial charge in [0, 0.05) is 33.1 Å². The Bertz CT molecular complexity index is 1550. The molecular weight excluding hydrogens is 564 g/mol. The van der Waals surface area contributed by atoms with Gasteiger partial charge in [-0.3, -0.25) is 28.9 Å². The molecule has 2 atom stereocenters. The topological polar surface area (TPSA) is 146 Å². The summed E-state index contributed by atoms with van der Waals surface area (Å²) in [6.45, 7) is 5.77. The zero-order chi connectivity index (χ0) is 32.1. The van der Waals surface area contributed by atoms with Gasteiger partial charge in [-0.05, 0) is 36.1 Å². The summed E-state index contributed by atoms with van der Waals surface area (Å²) in [5, 5.41) is 10.6. The summed E-state index contributed by atoms with van der Waals surface area (Å²) in [5.41, 5.74) is 3.74. The third-order valence-corrected chi connectivity index (χ3v) is 7.50.